The minimum Gasteiger partial charge on any atom is -0.389 e. The summed E-state index contributed by atoms with van der Waals surface area (Å²) in [5.74, 6) is 0.802. The topological polar surface area (TPSA) is 50.9 Å². The van der Waals surface area contributed by atoms with E-state index in [1.54, 1.807) is 6.20 Å². The van der Waals surface area contributed by atoms with Crippen molar-refractivity contribution in [3.63, 3.8) is 0 Å². The smallest absolute Gasteiger partial charge is 0.126 e. The second-order valence-corrected chi connectivity index (χ2v) is 4.40. The molecule has 0 aliphatic carbocycles. The van der Waals surface area contributed by atoms with Crippen LogP contribution < -0.4 is 11.1 Å². The van der Waals surface area contributed by atoms with Gasteiger partial charge >= 0.3 is 0 Å². The van der Waals surface area contributed by atoms with Crippen LogP contribution in [-0.4, -0.2) is 16.5 Å². The Morgan fingerprint density at radius 2 is 2.00 bits per heavy atom. The molecule has 0 saturated heterocycles. The fourth-order valence-electron chi connectivity index (χ4n) is 1.66. The molecule has 0 aliphatic rings. The predicted octanol–water partition coefficient (Wildman–Crippen LogP) is 2.37. The highest BCUT2D eigenvalue weighted by Gasteiger charge is 1.99. The van der Waals surface area contributed by atoms with Gasteiger partial charge in [0.15, 0.2) is 0 Å². The Balaban J connectivity index is 1.90. The maximum atomic E-state index is 5.58. The molecule has 18 heavy (non-hydrogen) atoms. The normalized spacial score (nSPS) is 10.0. The van der Waals surface area contributed by atoms with Crippen molar-refractivity contribution in [2.75, 3.05) is 11.9 Å². The van der Waals surface area contributed by atoms with Gasteiger partial charge in [-0.2, -0.15) is 0 Å². The van der Waals surface area contributed by atoms with E-state index in [1.807, 2.05) is 30.3 Å². The second kappa shape index (κ2) is 6.12. The van der Waals surface area contributed by atoms with Gasteiger partial charge in [0.05, 0.1) is 0 Å². The van der Waals surface area contributed by atoms with Crippen LogP contribution in [0.2, 0.25) is 0 Å². The fourth-order valence-corrected chi connectivity index (χ4v) is 1.79. The first-order valence-electron chi connectivity index (χ1n) is 5.79. The third-order valence-corrected chi connectivity index (χ3v) is 2.84. The van der Waals surface area contributed by atoms with E-state index in [2.05, 4.69) is 22.4 Å². The minimum absolute atomic E-state index is 0.392. The van der Waals surface area contributed by atoms with Crippen molar-refractivity contribution in [2.45, 2.75) is 6.42 Å². The zero-order chi connectivity index (χ0) is 12.8. The number of nitrogens with two attached hydrogens (primary N) is 1. The molecule has 4 heteroatoms. The number of hydrogen-bond donors (Lipinski definition) is 2. The molecule has 2 aromatic rings. The number of benzene rings is 1. The Morgan fingerprint density at radius 1 is 1.22 bits per heavy atom. The van der Waals surface area contributed by atoms with Gasteiger partial charge in [-0.1, -0.05) is 42.5 Å². The average Bonchev–Trinajstić information content (AvgIpc) is 2.40. The maximum Gasteiger partial charge on any atom is 0.126 e. The summed E-state index contributed by atoms with van der Waals surface area (Å²) in [6, 6.07) is 14.0. The number of anilines is 1. The zero-order valence-electron chi connectivity index (χ0n) is 9.97. The van der Waals surface area contributed by atoms with E-state index < -0.39 is 0 Å². The van der Waals surface area contributed by atoms with Gasteiger partial charge in [-0.15, -0.1) is 0 Å². The molecule has 0 bridgehead atoms. The van der Waals surface area contributed by atoms with E-state index in [0.29, 0.717) is 4.99 Å². The quantitative estimate of drug-likeness (QED) is 0.807. The molecule has 0 spiro atoms. The number of hydrogen-bond acceptors (Lipinski definition) is 3. The zero-order valence-corrected chi connectivity index (χ0v) is 10.8. The molecule has 0 amide bonds. The van der Waals surface area contributed by atoms with E-state index in [-0.39, 0.29) is 0 Å². The van der Waals surface area contributed by atoms with Gasteiger partial charge in [0.2, 0.25) is 0 Å². The molecule has 0 unspecified atom stereocenters. The first kappa shape index (κ1) is 12.5. The van der Waals surface area contributed by atoms with Crippen LogP contribution in [0.5, 0.6) is 0 Å². The molecule has 0 atom stereocenters. The molecule has 0 radical (unpaired) electrons. The number of aromatic nitrogens is 1. The summed E-state index contributed by atoms with van der Waals surface area (Å²) < 4.78 is 0. The average molecular weight is 257 g/mol. The van der Waals surface area contributed by atoms with Crippen molar-refractivity contribution in [1.29, 1.82) is 0 Å². The van der Waals surface area contributed by atoms with E-state index in [9.17, 15) is 0 Å². The highest BCUT2D eigenvalue weighted by molar-refractivity contribution is 7.80. The molecule has 0 aliphatic heterocycles. The molecule has 2 rings (SSSR count). The van der Waals surface area contributed by atoms with Crippen LogP contribution in [0.3, 0.4) is 0 Å². The minimum atomic E-state index is 0.392. The van der Waals surface area contributed by atoms with Gasteiger partial charge in [-0.05, 0) is 24.1 Å². The summed E-state index contributed by atoms with van der Waals surface area (Å²) in [4.78, 5) is 4.62. The molecule has 3 N–H and O–H groups in total. The van der Waals surface area contributed by atoms with Gasteiger partial charge < -0.3 is 11.1 Å². The van der Waals surface area contributed by atoms with Crippen molar-refractivity contribution >= 4 is 23.0 Å². The summed E-state index contributed by atoms with van der Waals surface area (Å²) in [5.41, 5.74) is 7.72. The summed E-state index contributed by atoms with van der Waals surface area (Å²) in [6.07, 6.45) is 2.67. The lowest BCUT2D eigenvalue weighted by Gasteiger charge is -2.06. The third kappa shape index (κ3) is 3.53. The van der Waals surface area contributed by atoms with Gasteiger partial charge in [0.1, 0.15) is 10.8 Å². The summed E-state index contributed by atoms with van der Waals surface area (Å²) in [7, 11) is 0. The monoisotopic (exact) mass is 257 g/mol. The Morgan fingerprint density at radius 3 is 2.72 bits per heavy atom. The Hall–Kier alpha value is -1.94. The van der Waals surface area contributed by atoms with Gasteiger partial charge in [-0.3, -0.25) is 0 Å². The number of thiocarbonyl (C=S) groups is 1. The molecule has 0 saturated carbocycles. The van der Waals surface area contributed by atoms with Crippen molar-refractivity contribution in [1.82, 2.24) is 4.98 Å². The van der Waals surface area contributed by atoms with Crippen LogP contribution in [0.15, 0.2) is 48.7 Å². The molecule has 1 aromatic heterocycles. The highest BCUT2D eigenvalue weighted by atomic mass is 32.1. The highest BCUT2D eigenvalue weighted by Crippen LogP contribution is 2.07. The van der Waals surface area contributed by atoms with Crippen LogP contribution in [0.4, 0.5) is 5.82 Å². The van der Waals surface area contributed by atoms with E-state index in [4.69, 9.17) is 18.0 Å². The third-order valence-electron chi connectivity index (χ3n) is 2.61. The van der Waals surface area contributed by atoms with E-state index in [1.165, 1.54) is 5.56 Å². The lowest BCUT2D eigenvalue weighted by molar-refractivity contribution is 1.01. The number of rotatable bonds is 5. The molecular weight excluding hydrogens is 242 g/mol. The number of pyridine rings is 1. The first-order valence-corrected chi connectivity index (χ1v) is 6.20. The largest absolute Gasteiger partial charge is 0.389 e. The van der Waals surface area contributed by atoms with Crippen molar-refractivity contribution in [3.05, 3.63) is 59.8 Å². The maximum absolute atomic E-state index is 5.58. The van der Waals surface area contributed by atoms with Crippen molar-refractivity contribution in [3.8, 4) is 0 Å². The molecule has 3 nitrogen and oxygen atoms in total. The van der Waals surface area contributed by atoms with Crippen molar-refractivity contribution in [2.24, 2.45) is 5.73 Å². The molecule has 1 heterocycles. The second-order valence-electron chi connectivity index (χ2n) is 3.96. The van der Waals surface area contributed by atoms with Crippen LogP contribution in [-0.2, 0) is 6.42 Å². The van der Waals surface area contributed by atoms with Gasteiger partial charge in [0.25, 0.3) is 0 Å². The predicted molar refractivity (Wildman–Crippen MR) is 78.8 cm³/mol. The SMILES string of the molecule is NC(=S)c1ccnc(NCCc2ccccc2)c1. The fraction of sp³-hybridized carbons (Fsp3) is 0.143. The summed E-state index contributed by atoms with van der Waals surface area (Å²) in [5, 5.41) is 3.26. The Bertz CT molecular complexity index is 526. The van der Waals surface area contributed by atoms with Gasteiger partial charge in [-0.25, -0.2) is 4.98 Å². The van der Waals surface area contributed by atoms with Crippen molar-refractivity contribution < 1.29 is 0 Å². The summed E-state index contributed by atoms with van der Waals surface area (Å²) >= 11 is 4.93. The van der Waals surface area contributed by atoms with Crippen LogP contribution in [0.1, 0.15) is 11.1 Å². The number of nitrogens with one attached hydrogen (secondary N) is 1. The van der Waals surface area contributed by atoms with Crippen LogP contribution in [0, 0.1) is 0 Å². The van der Waals surface area contributed by atoms with E-state index in [0.717, 1.165) is 24.3 Å². The number of nitrogens with zero attached hydrogens (tertiary/aromatic N) is 1. The van der Waals surface area contributed by atoms with Gasteiger partial charge in [0, 0.05) is 18.3 Å². The lowest BCUT2D eigenvalue weighted by Crippen LogP contribution is -2.11. The lowest BCUT2D eigenvalue weighted by atomic mass is 10.1. The summed E-state index contributed by atoms with van der Waals surface area (Å²) in [6.45, 7) is 0.831. The van der Waals surface area contributed by atoms with Crippen LogP contribution in [0.25, 0.3) is 0 Å². The van der Waals surface area contributed by atoms with Crippen LogP contribution >= 0.6 is 12.2 Å². The molecule has 0 fully saturated rings. The standard InChI is InChI=1S/C14H15N3S/c15-14(18)12-7-9-17-13(10-12)16-8-6-11-4-2-1-3-5-11/h1-5,7,9-10H,6,8H2,(H2,15,18)(H,16,17). The molecule has 1 aromatic carbocycles. The molecular formula is C14H15N3S. The Labute approximate surface area is 112 Å². The van der Waals surface area contributed by atoms with E-state index >= 15 is 0 Å². The molecule has 92 valence electrons. The first-order chi connectivity index (χ1) is 8.75. The Kier molecular flexibility index (Phi) is 4.25.